The van der Waals surface area contributed by atoms with Gasteiger partial charge in [0.25, 0.3) is 5.91 Å². The molecule has 3 aromatic rings. The molecule has 0 spiro atoms. The highest BCUT2D eigenvalue weighted by Crippen LogP contribution is 2.17. The Morgan fingerprint density at radius 1 is 0.857 bits per heavy atom. The first kappa shape index (κ1) is 19.8. The van der Waals surface area contributed by atoms with Crippen LogP contribution in [0.1, 0.15) is 27.0 Å². The molecule has 0 saturated heterocycles. The summed E-state index contributed by atoms with van der Waals surface area (Å²) in [7, 11) is -3.73. The molecule has 0 aliphatic carbocycles. The number of amides is 1. The van der Waals surface area contributed by atoms with E-state index in [4.69, 9.17) is 0 Å². The van der Waals surface area contributed by atoms with E-state index >= 15 is 0 Å². The Morgan fingerprint density at radius 2 is 1.61 bits per heavy atom. The summed E-state index contributed by atoms with van der Waals surface area (Å²) in [5.74, 6) is -0.358. The Balaban J connectivity index is 1.75. The van der Waals surface area contributed by atoms with Gasteiger partial charge < -0.3 is 5.32 Å². The molecule has 2 N–H and O–H groups in total. The molecule has 3 aromatic carbocycles. The van der Waals surface area contributed by atoms with Gasteiger partial charge in [0.1, 0.15) is 0 Å². The van der Waals surface area contributed by atoms with E-state index in [1.165, 1.54) is 12.1 Å². The molecule has 144 valence electrons. The van der Waals surface area contributed by atoms with Crippen molar-refractivity contribution >= 4 is 21.6 Å². The molecule has 3 rings (SSSR count). The van der Waals surface area contributed by atoms with Crippen molar-refractivity contribution < 1.29 is 13.2 Å². The van der Waals surface area contributed by atoms with Crippen LogP contribution in [-0.4, -0.2) is 14.3 Å². The van der Waals surface area contributed by atoms with E-state index < -0.39 is 10.0 Å². The summed E-state index contributed by atoms with van der Waals surface area (Å²) in [4.78, 5) is 12.6. The molecule has 1 amide bonds. The number of anilines is 1. The maximum absolute atomic E-state index is 12.6. The second-order valence-electron chi connectivity index (χ2n) is 6.59. The minimum absolute atomic E-state index is 0.0520. The molecule has 0 saturated carbocycles. The van der Waals surface area contributed by atoms with Gasteiger partial charge in [-0.1, -0.05) is 42.5 Å². The van der Waals surface area contributed by atoms with E-state index in [9.17, 15) is 13.2 Å². The maximum Gasteiger partial charge on any atom is 0.255 e. The van der Waals surface area contributed by atoms with E-state index in [0.717, 1.165) is 16.7 Å². The third-order valence-electron chi connectivity index (χ3n) is 4.48. The average molecular weight is 394 g/mol. The summed E-state index contributed by atoms with van der Waals surface area (Å²) in [5, 5.41) is 2.81. The maximum atomic E-state index is 12.6. The van der Waals surface area contributed by atoms with Gasteiger partial charge in [-0.15, -0.1) is 0 Å². The summed E-state index contributed by atoms with van der Waals surface area (Å²) >= 11 is 0. The van der Waals surface area contributed by atoms with Crippen molar-refractivity contribution in [1.29, 1.82) is 0 Å². The highest BCUT2D eigenvalue weighted by molar-refractivity contribution is 7.89. The number of carbonyl (C=O) groups excluding carboxylic acids is 1. The first-order valence-corrected chi connectivity index (χ1v) is 10.4. The molecule has 0 fully saturated rings. The molecule has 0 bridgehead atoms. The smallest absolute Gasteiger partial charge is 0.255 e. The Labute approximate surface area is 165 Å². The number of hydrogen-bond acceptors (Lipinski definition) is 3. The molecule has 0 unspecified atom stereocenters. The van der Waals surface area contributed by atoms with Crippen molar-refractivity contribution in [2.75, 3.05) is 5.32 Å². The SMILES string of the molecule is Cc1ccc(NC(=O)c2cccc(S(=O)(=O)NCc3ccccc3)c2)cc1C. The molecule has 0 atom stereocenters. The monoisotopic (exact) mass is 394 g/mol. The van der Waals surface area contributed by atoms with Crippen molar-refractivity contribution in [2.45, 2.75) is 25.3 Å². The fourth-order valence-electron chi connectivity index (χ4n) is 2.68. The van der Waals surface area contributed by atoms with Crippen molar-refractivity contribution in [3.05, 3.63) is 95.1 Å². The van der Waals surface area contributed by atoms with Crippen LogP contribution in [0.4, 0.5) is 5.69 Å². The zero-order chi connectivity index (χ0) is 20.1. The molecular formula is C22H22N2O3S. The van der Waals surface area contributed by atoms with E-state index in [1.807, 2.05) is 62.4 Å². The third-order valence-corrected chi connectivity index (χ3v) is 5.88. The van der Waals surface area contributed by atoms with Gasteiger partial charge in [-0.3, -0.25) is 4.79 Å². The molecule has 0 radical (unpaired) electrons. The quantitative estimate of drug-likeness (QED) is 0.663. The van der Waals surface area contributed by atoms with Crippen LogP contribution in [0.15, 0.2) is 77.7 Å². The lowest BCUT2D eigenvalue weighted by Gasteiger charge is -2.10. The summed E-state index contributed by atoms with van der Waals surface area (Å²) in [6.45, 7) is 4.15. The van der Waals surface area contributed by atoms with Crippen LogP contribution in [0.2, 0.25) is 0 Å². The zero-order valence-electron chi connectivity index (χ0n) is 15.8. The van der Waals surface area contributed by atoms with Gasteiger partial charge in [-0.05, 0) is 60.9 Å². The lowest BCUT2D eigenvalue weighted by atomic mass is 10.1. The van der Waals surface area contributed by atoms with Crippen LogP contribution in [-0.2, 0) is 16.6 Å². The van der Waals surface area contributed by atoms with Gasteiger partial charge in [-0.25, -0.2) is 13.1 Å². The second-order valence-corrected chi connectivity index (χ2v) is 8.36. The molecule has 0 aliphatic rings. The van der Waals surface area contributed by atoms with Crippen LogP contribution in [0.3, 0.4) is 0 Å². The van der Waals surface area contributed by atoms with Gasteiger partial charge in [0.15, 0.2) is 0 Å². The van der Waals surface area contributed by atoms with Crippen LogP contribution in [0.5, 0.6) is 0 Å². The first-order valence-electron chi connectivity index (χ1n) is 8.87. The lowest BCUT2D eigenvalue weighted by Crippen LogP contribution is -2.23. The van der Waals surface area contributed by atoms with E-state index in [-0.39, 0.29) is 22.9 Å². The highest BCUT2D eigenvalue weighted by Gasteiger charge is 2.16. The van der Waals surface area contributed by atoms with Crippen LogP contribution >= 0.6 is 0 Å². The fourth-order valence-corrected chi connectivity index (χ4v) is 3.75. The summed E-state index contributed by atoms with van der Waals surface area (Å²) in [6, 6.07) is 20.9. The van der Waals surface area contributed by atoms with Crippen molar-refractivity contribution in [1.82, 2.24) is 4.72 Å². The number of benzene rings is 3. The molecule has 0 heterocycles. The number of rotatable bonds is 6. The molecule has 28 heavy (non-hydrogen) atoms. The van der Waals surface area contributed by atoms with Gasteiger partial charge in [0, 0.05) is 17.8 Å². The first-order chi connectivity index (χ1) is 13.3. The molecule has 5 nitrogen and oxygen atoms in total. The van der Waals surface area contributed by atoms with Crippen LogP contribution in [0, 0.1) is 13.8 Å². The Bertz CT molecular complexity index is 1090. The number of aryl methyl sites for hydroxylation is 2. The normalized spacial score (nSPS) is 11.2. The van der Waals surface area contributed by atoms with Gasteiger partial charge in [-0.2, -0.15) is 0 Å². The molecule has 6 heteroatoms. The van der Waals surface area contributed by atoms with Crippen LogP contribution in [0.25, 0.3) is 0 Å². The number of nitrogens with one attached hydrogen (secondary N) is 2. The van der Waals surface area contributed by atoms with Gasteiger partial charge in [0.2, 0.25) is 10.0 Å². The van der Waals surface area contributed by atoms with Crippen molar-refractivity contribution in [3.8, 4) is 0 Å². The fraction of sp³-hybridized carbons (Fsp3) is 0.136. The molecule has 0 aliphatic heterocycles. The highest BCUT2D eigenvalue weighted by atomic mass is 32.2. The molecule has 0 aromatic heterocycles. The third kappa shape index (κ3) is 4.85. The zero-order valence-corrected chi connectivity index (χ0v) is 16.6. The van der Waals surface area contributed by atoms with Gasteiger partial charge >= 0.3 is 0 Å². The van der Waals surface area contributed by atoms with E-state index in [2.05, 4.69) is 10.0 Å². The van der Waals surface area contributed by atoms with Gasteiger partial charge in [0.05, 0.1) is 4.90 Å². The van der Waals surface area contributed by atoms with E-state index in [0.29, 0.717) is 5.69 Å². The Hall–Kier alpha value is -2.96. The van der Waals surface area contributed by atoms with Crippen molar-refractivity contribution in [2.24, 2.45) is 0 Å². The Morgan fingerprint density at radius 3 is 2.32 bits per heavy atom. The predicted octanol–water partition coefficient (Wildman–Crippen LogP) is 4.03. The van der Waals surface area contributed by atoms with Crippen molar-refractivity contribution in [3.63, 3.8) is 0 Å². The minimum Gasteiger partial charge on any atom is -0.322 e. The summed E-state index contributed by atoms with van der Waals surface area (Å²) in [6.07, 6.45) is 0. The predicted molar refractivity (Wildman–Crippen MR) is 111 cm³/mol. The Kier molecular flexibility index (Phi) is 5.92. The number of carbonyl (C=O) groups is 1. The molecular weight excluding hydrogens is 372 g/mol. The number of hydrogen-bond donors (Lipinski definition) is 2. The second kappa shape index (κ2) is 8.37. The summed E-state index contributed by atoms with van der Waals surface area (Å²) < 4.78 is 27.7. The standard InChI is InChI=1S/C22H22N2O3S/c1-16-11-12-20(13-17(16)2)24-22(25)19-9-6-10-21(14-19)28(26,27)23-15-18-7-4-3-5-8-18/h3-14,23H,15H2,1-2H3,(H,24,25). The minimum atomic E-state index is -3.73. The number of sulfonamides is 1. The largest absolute Gasteiger partial charge is 0.322 e. The topological polar surface area (TPSA) is 75.3 Å². The lowest BCUT2D eigenvalue weighted by molar-refractivity contribution is 0.102. The van der Waals surface area contributed by atoms with E-state index in [1.54, 1.807) is 12.1 Å². The average Bonchev–Trinajstić information content (AvgIpc) is 2.70. The summed E-state index contributed by atoms with van der Waals surface area (Å²) in [5.41, 5.74) is 4.01. The van der Waals surface area contributed by atoms with Crippen LogP contribution < -0.4 is 10.0 Å².